The van der Waals surface area contributed by atoms with Gasteiger partial charge in [0.05, 0.1) is 32.7 Å². The number of benzene rings is 2. The van der Waals surface area contributed by atoms with Crippen LogP contribution in [0.3, 0.4) is 0 Å². The molecule has 1 N–H and O–H groups in total. The van der Waals surface area contributed by atoms with Crippen molar-refractivity contribution in [1.29, 1.82) is 0 Å². The summed E-state index contributed by atoms with van der Waals surface area (Å²) in [4.78, 5) is 15.7. The van der Waals surface area contributed by atoms with Gasteiger partial charge in [0, 0.05) is 5.02 Å². The van der Waals surface area contributed by atoms with Crippen LogP contribution in [0.5, 0.6) is 5.75 Å². The third kappa shape index (κ3) is 5.61. The van der Waals surface area contributed by atoms with E-state index in [1.54, 1.807) is 24.3 Å². The zero-order valence-corrected chi connectivity index (χ0v) is 15.5. The second kappa shape index (κ2) is 9.41. The Morgan fingerprint density at radius 3 is 2.46 bits per heavy atom. The number of piperazine rings is 1. The Hall–Kier alpha value is -2.30. The fraction of sp³-hybridized carbons (Fsp3) is 0.286. The van der Waals surface area contributed by atoms with Crippen LogP contribution in [0.25, 0.3) is 6.08 Å². The molecule has 26 heavy (non-hydrogen) atoms. The van der Waals surface area contributed by atoms with Crippen molar-refractivity contribution in [2.45, 2.75) is 0 Å². The molecule has 1 aliphatic rings. The van der Waals surface area contributed by atoms with Crippen molar-refractivity contribution in [1.82, 2.24) is 4.90 Å². The predicted molar refractivity (Wildman–Crippen MR) is 105 cm³/mol. The lowest BCUT2D eigenvalue weighted by molar-refractivity contribution is -0.898. The number of carbonyl (C=O) groups excluding carboxylic acids is 1. The summed E-state index contributed by atoms with van der Waals surface area (Å²) < 4.78 is 5.55. The van der Waals surface area contributed by atoms with Crippen LogP contribution in [0.2, 0.25) is 5.02 Å². The van der Waals surface area contributed by atoms with Crippen molar-refractivity contribution < 1.29 is 14.4 Å². The first-order valence-electron chi connectivity index (χ1n) is 8.92. The highest BCUT2D eigenvalue weighted by molar-refractivity contribution is 6.30. The first-order chi connectivity index (χ1) is 12.7. The zero-order valence-electron chi connectivity index (χ0n) is 14.7. The van der Waals surface area contributed by atoms with Gasteiger partial charge in [-0.2, -0.15) is 0 Å². The average Bonchev–Trinajstić information content (AvgIpc) is 2.69. The Bertz CT molecular complexity index is 723. The summed E-state index contributed by atoms with van der Waals surface area (Å²) in [6.07, 6.45) is 4.37. The second-order valence-electron chi connectivity index (χ2n) is 6.39. The van der Waals surface area contributed by atoms with E-state index < -0.39 is 0 Å². The quantitative estimate of drug-likeness (QED) is 0.844. The van der Waals surface area contributed by atoms with E-state index >= 15 is 0 Å². The predicted octanol–water partition coefficient (Wildman–Crippen LogP) is 2.16. The van der Waals surface area contributed by atoms with E-state index in [-0.39, 0.29) is 12.5 Å². The van der Waals surface area contributed by atoms with Gasteiger partial charge in [-0.3, -0.25) is 4.79 Å². The van der Waals surface area contributed by atoms with Gasteiger partial charge in [-0.1, -0.05) is 48.0 Å². The number of hydrogen-bond acceptors (Lipinski definition) is 2. The number of quaternary nitrogens is 1. The van der Waals surface area contributed by atoms with Gasteiger partial charge >= 0.3 is 0 Å². The Morgan fingerprint density at radius 1 is 1.08 bits per heavy atom. The molecule has 5 heteroatoms. The normalized spacial score (nSPS) is 15.3. The Morgan fingerprint density at radius 2 is 1.77 bits per heavy atom. The molecule has 4 nitrogen and oxygen atoms in total. The van der Waals surface area contributed by atoms with Crippen molar-refractivity contribution in [3.8, 4) is 5.75 Å². The largest absolute Gasteiger partial charge is 0.484 e. The Balaban J connectivity index is 1.38. The van der Waals surface area contributed by atoms with Crippen LogP contribution in [0.4, 0.5) is 0 Å². The molecule has 1 heterocycles. The summed E-state index contributed by atoms with van der Waals surface area (Å²) in [6, 6.07) is 17.4. The first kappa shape index (κ1) is 18.5. The molecule has 0 saturated carbocycles. The summed E-state index contributed by atoms with van der Waals surface area (Å²) in [5, 5.41) is 0.657. The second-order valence-corrected chi connectivity index (χ2v) is 6.83. The molecule has 2 aromatic carbocycles. The molecular formula is C21H24ClN2O2+. The first-order valence-corrected chi connectivity index (χ1v) is 9.30. The molecule has 1 aliphatic heterocycles. The van der Waals surface area contributed by atoms with Gasteiger partial charge in [0.25, 0.3) is 5.91 Å². The number of amides is 1. The van der Waals surface area contributed by atoms with Crippen molar-refractivity contribution >= 4 is 23.6 Å². The van der Waals surface area contributed by atoms with E-state index in [4.69, 9.17) is 16.3 Å². The van der Waals surface area contributed by atoms with Crippen LogP contribution in [-0.4, -0.2) is 50.1 Å². The SMILES string of the molecule is O=C(COc1ccc(Cl)cc1)N1CC[NH+](CC=Cc2ccccc2)CC1. The lowest BCUT2D eigenvalue weighted by atomic mass is 10.2. The van der Waals surface area contributed by atoms with E-state index in [0.717, 1.165) is 32.7 Å². The zero-order chi connectivity index (χ0) is 18.2. The van der Waals surface area contributed by atoms with Crippen molar-refractivity contribution in [2.24, 2.45) is 0 Å². The van der Waals surface area contributed by atoms with Gasteiger partial charge in [-0.05, 0) is 35.9 Å². The Kier molecular flexibility index (Phi) is 6.69. The van der Waals surface area contributed by atoms with Gasteiger partial charge in [0.2, 0.25) is 0 Å². The molecule has 0 unspecified atom stereocenters. The van der Waals surface area contributed by atoms with Gasteiger partial charge in [0.15, 0.2) is 6.61 Å². The van der Waals surface area contributed by atoms with E-state index in [1.807, 2.05) is 23.1 Å². The van der Waals surface area contributed by atoms with Gasteiger partial charge in [-0.15, -0.1) is 0 Å². The molecule has 136 valence electrons. The van der Waals surface area contributed by atoms with Gasteiger partial charge in [0.1, 0.15) is 5.75 Å². The molecule has 3 rings (SSSR count). The summed E-state index contributed by atoms with van der Waals surface area (Å²) >= 11 is 5.84. The van der Waals surface area contributed by atoms with E-state index in [2.05, 4.69) is 24.3 Å². The van der Waals surface area contributed by atoms with Crippen molar-refractivity contribution in [3.05, 3.63) is 71.3 Å². The number of hydrogen-bond donors (Lipinski definition) is 1. The molecule has 0 spiro atoms. The topological polar surface area (TPSA) is 34.0 Å². The third-order valence-electron chi connectivity index (χ3n) is 4.52. The average molecular weight is 372 g/mol. The Labute approximate surface area is 159 Å². The van der Waals surface area contributed by atoms with Crippen LogP contribution in [0.15, 0.2) is 60.7 Å². The molecule has 0 radical (unpaired) electrons. The maximum absolute atomic E-state index is 12.3. The monoisotopic (exact) mass is 371 g/mol. The van der Waals surface area contributed by atoms with Crippen LogP contribution in [-0.2, 0) is 4.79 Å². The minimum Gasteiger partial charge on any atom is -0.484 e. The highest BCUT2D eigenvalue weighted by Crippen LogP contribution is 2.15. The van der Waals surface area contributed by atoms with Crippen LogP contribution in [0, 0.1) is 0 Å². The van der Waals surface area contributed by atoms with Crippen molar-refractivity contribution in [2.75, 3.05) is 39.3 Å². The molecule has 0 atom stereocenters. The van der Waals surface area contributed by atoms with Crippen LogP contribution in [0.1, 0.15) is 5.56 Å². The fourth-order valence-corrected chi connectivity index (χ4v) is 3.10. The molecule has 1 amide bonds. The molecule has 0 bridgehead atoms. The highest BCUT2D eigenvalue weighted by atomic mass is 35.5. The molecule has 2 aromatic rings. The number of rotatable bonds is 6. The summed E-state index contributed by atoms with van der Waals surface area (Å²) in [5.74, 6) is 0.705. The standard InChI is InChI=1S/C21H23ClN2O2/c22-19-8-10-20(11-9-19)26-17-21(25)24-15-13-23(14-16-24)12-4-7-18-5-2-1-3-6-18/h1-11H,12-17H2/p+1. The summed E-state index contributed by atoms with van der Waals surface area (Å²) in [6.45, 7) is 4.54. The molecule has 1 fully saturated rings. The van der Waals surface area contributed by atoms with Crippen LogP contribution >= 0.6 is 11.6 Å². The van der Waals surface area contributed by atoms with Crippen molar-refractivity contribution in [3.63, 3.8) is 0 Å². The number of nitrogens with one attached hydrogen (secondary N) is 1. The number of ether oxygens (including phenoxy) is 1. The lowest BCUT2D eigenvalue weighted by Gasteiger charge is -2.31. The van der Waals surface area contributed by atoms with E-state index in [9.17, 15) is 4.79 Å². The van der Waals surface area contributed by atoms with E-state index in [0.29, 0.717) is 10.8 Å². The van der Waals surface area contributed by atoms with Gasteiger partial charge in [-0.25, -0.2) is 0 Å². The third-order valence-corrected chi connectivity index (χ3v) is 4.77. The summed E-state index contributed by atoms with van der Waals surface area (Å²) in [5.41, 5.74) is 1.22. The number of nitrogens with zero attached hydrogens (tertiary/aromatic N) is 1. The van der Waals surface area contributed by atoms with Gasteiger partial charge < -0.3 is 14.5 Å². The van der Waals surface area contributed by atoms with Crippen LogP contribution < -0.4 is 9.64 Å². The minimum atomic E-state index is 0.0406. The number of halogens is 1. The van der Waals surface area contributed by atoms with E-state index in [1.165, 1.54) is 10.5 Å². The smallest absolute Gasteiger partial charge is 0.260 e. The minimum absolute atomic E-state index is 0.0406. The molecule has 1 saturated heterocycles. The number of carbonyl (C=O) groups is 1. The lowest BCUT2D eigenvalue weighted by Crippen LogP contribution is -3.14. The molecular weight excluding hydrogens is 348 g/mol. The maximum atomic E-state index is 12.3. The fourth-order valence-electron chi connectivity index (χ4n) is 2.97. The summed E-state index contributed by atoms with van der Waals surface area (Å²) in [7, 11) is 0. The maximum Gasteiger partial charge on any atom is 0.260 e. The molecule has 0 aromatic heterocycles. The molecule has 0 aliphatic carbocycles. The highest BCUT2D eigenvalue weighted by Gasteiger charge is 2.23.